The fourth-order valence-electron chi connectivity index (χ4n) is 2.29. The van der Waals surface area contributed by atoms with Gasteiger partial charge in [-0.05, 0) is 31.6 Å². The van der Waals surface area contributed by atoms with Crippen molar-refractivity contribution in [3.63, 3.8) is 0 Å². The molecule has 0 aliphatic heterocycles. The largest absolute Gasteiger partial charge is 0.468 e. The summed E-state index contributed by atoms with van der Waals surface area (Å²) in [6, 6.07) is 0.521. The Bertz CT molecular complexity index is 292. The van der Waals surface area contributed by atoms with E-state index in [1.807, 2.05) is 0 Å². The molecule has 0 aromatic rings. The summed E-state index contributed by atoms with van der Waals surface area (Å²) in [7, 11) is 3.20. The Kier molecular flexibility index (Phi) is 4.92. The van der Waals surface area contributed by atoms with Gasteiger partial charge in [-0.2, -0.15) is 11.8 Å². The van der Waals surface area contributed by atoms with Gasteiger partial charge >= 0.3 is 5.97 Å². The molecule has 1 N–H and O–H groups in total. The predicted molar refractivity (Wildman–Crippen MR) is 72.8 cm³/mol. The van der Waals surface area contributed by atoms with Gasteiger partial charge in [-0.3, -0.25) is 10.1 Å². The minimum absolute atomic E-state index is 0.0817. The molecule has 2 aliphatic carbocycles. The van der Waals surface area contributed by atoms with Crippen molar-refractivity contribution >= 4 is 17.7 Å². The monoisotopic (exact) mass is 273 g/mol. The zero-order valence-electron chi connectivity index (χ0n) is 11.2. The maximum Gasteiger partial charge on any atom is 0.327 e. The first-order valence-corrected chi connectivity index (χ1v) is 7.81. The topological polar surface area (TPSA) is 47.6 Å². The summed E-state index contributed by atoms with van der Waals surface area (Å²) >= 11 is 1.78. The molecule has 104 valence electrons. The maximum absolute atomic E-state index is 12.2. The molecule has 2 rings (SSSR count). The van der Waals surface area contributed by atoms with Crippen molar-refractivity contribution in [1.82, 2.24) is 5.32 Å². The minimum Gasteiger partial charge on any atom is -0.468 e. The second-order valence-electron chi connectivity index (χ2n) is 5.20. The first kappa shape index (κ1) is 14.2. The van der Waals surface area contributed by atoms with Crippen molar-refractivity contribution < 1.29 is 14.3 Å². The van der Waals surface area contributed by atoms with Crippen LogP contribution in [0.2, 0.25) is 0 Å². The summed E-state index contributed by atoms with van der Waals surface area (Å²) in [6.45, 7) is 0.732. The van der Waals surface area contributed by atoms with Gasteiger partial charge in [0.15, 0.2) is 0 Å². The van der Waals surface area contributed by atoms with Gasteiger partial charge in [0, 0.05) is 24.7 Å². The van der Waals surface area contributed by atoms with Gasteiger partial charge in [-0.25, -0.2) is 0 Å². The number of carbonyl (C=O) groups excluding carboxylic acids is 1. The smallest absolute Gasteiger partial charge is 0.327 e. The van der Waals surface area contributed by atoms with Crippen molar-refractivity contribution in [1.29, 1.82) is 0 Å². The lowest BCUT2D eigenvalue weighted by atomic mass is 9.95. The highest BCUT2D eigenvalue weighted by molar-refractivity contribution is 7.99. The van der Waals surface area contributed by atoms with Crippen LogP contribution in [0.5, 0.6) is 0 Å². The highest BCUT2D eigenvalue weighted by Crippen LogP contribution is 2.43. The molecule has 4 nitrogen and oxygen atoms in total. The van der Waals surface area contributed by atoms with Gasteiger partial charge in [-0.15, -0.1) is 0 Å². The average Bonchev–Trinajstić information content (AvgIpc) is 3.24. The molecular weight excluding hydrogens is 250 g/mol. The van der Waals surface area contributed by atoms with Crippen LogP contribution in [0.15, 0.2) is 0 Å². The molecule has 0 saturated heterocycles. The van der Waals surface area contributed by atoms with E-state index in [0.29, 0.717) is 12.0 Å². The van der Waals surface area contributed by atoms with Crippen LogP contribution in [0.4, 0.5) is 0 Å². The molecule has 0 radical (unpaired) electrons. The van der Waals surface area contributed by atoms with Gasteiger partial charge in [0.05, 0.1) is 13.7 Å². The summed E-state index contributed by atoms with van der Waals surface area (Å²) in [5.41, 5.74) is -0.450. The number of methoxy groups -OCH3 is 2. The molecule has 0 aromatic heterocycles. The van der Waals surface area contributed by atoms with Crippen LogP contribution in [0.3, 0.4) is 0 Å². The molecule has 0 aromatic carbocycles. The second kappa shape index (κ2) is 6.26. The van der Waals surface area contributed by atoms with E-state index >= 15 is 0 Å². The summed E-state index contributed by atoms with van der Waals surface area (Å²) in [5.74, 6) is 2.10. The minimum atomic E-state index is -0.450. The van der Waals surface area contributed by atoms with Crippen molar-refractivity contribution in [2.75, 3.05) is 32.3 Å². The molecule has 5 heteroatoms. The lowest BCUT2D eigenvalue weighted by Gasteiger charge is -2.32. The van der Waals surface area contributed by atoms with Crippen LogP contribution in [-0.2, 0) is 14.3 Å². The standard InChI is InChI=1S/C13H23NO3S/c1-16-7-8-18-9-13(10-3-4-10,12(15)17-2)14-11-5-6-11/h10-11,14H,3-9H2,1-2H3. The van der Waals surface area contributed by atoms with E-state index < -0.39 is 5.54 Å². The summed E-state index contributed by atoms with van der Waals surface area (Å²) in [5, 5.41) is 3.56. The molecule has 2 fully saturated rings. The molecular formula is C13H23NO3S. The van der Waals surface area contributed by atoms with E-state index in [4.69, 9.17) is 9.47 Å². The maximum atomic E-state index is 12.2. The van der Waals surface area contributed by atoms with Crippen LogP contribution in [0.1, 0.15) is 25.7 Å². The van der Waals surface area contributed by atoms with Crippen molar-refractivity contribution in [3.8, 4) is 0 Å². The number of esters is 1. The molecule has 1 atom stereocenters. The highest BCUT2D eigenvalue weighted by Gasteiger charge is 2.53. The number of carbonyl (C=O) groups is 1. The number of hydrogen-bond acceptors (Lipinski definition) is 5. The summed E-state index contributed by atoms with van der Waals surface area (Å²) in [4.78, 5) is 12.2. The SMILES string of the molecule is COCCSCC(NC1CC1)(C(=O)OC)C1CC1. The Labute approximate surface area is 113 Å². The first-order valence-electron chi connectivity index (χ1n) is 6.65. The molecule has 0 amide bonds. The van der Waals surface area contributed by atoms with Crippen LogP contribution < -0.4 is 5.32 Å². The predicted octanol–water partition coefficient (Wildman–Crippen LogP) is 1.44. The zero-order chi connectivity index (χ0) is 13.0. The van der Waals surface area contributed by atoms with Crippen molar-refractivity contribution in [2.45, 2.75) is 37.3 Å². The summed E-state index contributed by atoms with van der Waals surface area (Å²) in [6.07, 6.45) is 4.65. The molecule has 1 unspecified atom stereocenters. The van der Waals surface area contributed by atoms with Crippen LogP contribution >= 0.6 is 11.8 Å². The van der Waals surface area contributed by atoms with Crippen molar-refractivity contribution in [3.05, 3.63) is 0 Å². The fraction of sp³-hybridized carbons (Fsp3) is 0.923. The first-order chi connectivity index (χ1) is 8.73. The van der Waals surface area contributed by atoms with E-state index in [1.165, 1.54) is 20.0 Å². The van der Waals surface area contributed by atoms with Crippen LogP contribution in [-0.4, -0.2) is 49.9 Å². The van der Waals surface area contributed by atoms with Gasteiger partial charge in [0.1, 0.15) is 5.54 Å². The molecule has 2 aliphatic rings. The van der Waals surface area contributed by atoms with E-state index in [-0.39, 0.29) is 5.97 Å². The Morgan fingerprint density at radius 2 is 2.06 bits per heavy atom. The van der Waals surface area contributed by atoms with Crippen LogP contribution in [0.25, 0.3) is 0 Å². The molecule has 0 heterocycles. The third kappa shape index (κ3) is 3.39. The van der Waals surface area contributed by atoms with Gasteiger partial charge < -0.3 is 9.47 Å². The summed E-state index contributed by atoms with van der Waals surface area (Å²) < 4.78 is 10.1. The van der Waals surface area contributed by atoms with Crippen molar-refractivity contribution in [2.24, 2.45) is 5.92 Å². The zero-order valence-corrected chi connectivity index (χ0v) is 12.1. The van der Waals surface area contributed by atoms with Crippen LogP contribution in [0, 0.1) is 5.92 Å². The van der Waals surface area contributed by atoms with E-state index in [2.05, 4.69) is 5.32 Å². The lowest BCUT2D eigenvalue weighted by molar-refractivity contribution is -0.148. The van der Waals surface area contributed by atoms with Gasteiger partial charge in [0.25, 0.3) is 0 Å². The number of rotatable bonds is 9. The van der Waals surface area contributed by atoms with Gasteiger partial charge in [-0.1, -0.05) is 0 Å². The Balaban J connectivity index is 1.96. The number of ether oxygens (including phenoxy) is 2. The number of hydrogen-bond donors (Lipinski definition) is 1. The molecule has 2 saturated carbocycles. The highest BCUT2D eigenvalue weighted by atomic mass is 32.2. The molecule has 18 heavy (non-hydrogen) atoms. The Hall–Kier alpha value is -0.260. The van der Waals surface area contributed by atoms with Gasteiger partial charge in [0.2, 0.25) is 0 Å². The third-order valence-electron chi connectivity index (χ3n) is 3.62. The van der Waals surface area contributed by atoms with E-state index in [9.17, 15) is 4.79 Å². The number of thioether (sulfide) groups is 1. The molecule has 0 bridgehead atoms. The number of nitrogens with one attached hydrogen (secondary N) is 1. The quantitative estimate of drug-likeness (QED) is 0.509. The normalized spacial score (nSPS) is 22.6. The third-order valence-corrected chi connectivity index (χ3v) is 4.74. The Morgan fingerprint density at radius 1 is 1.33 bits per heavy atom. The fourth-order valence-corrected chi connectivity index (χ4v) is 3.48. The lowest BCUT2D eigenvalue weighted by Crippen LogP contribution is -2.57. The van der Waals surface area contributed by atoms with E-state index in [1.54, 1.807) is 18.9 Å². The second-order valence-corrected chi connectivity index (χ2v) is 6.31. The average molecular weight is 273 g/mol. The van der Waals surface area contributed by atoms with E-state index in [0.717, 1.165) is 31.0 Å². The molecule has 0 spiro atoms. The Morgan fingerprint density at radius 3 is 2.56 bits per heavy atom.